The first-order valence-corrected chi connectivity index (χ1v) is 7.24. The summed E-state index contributed by atoms with van der Waals surface area (Å²) in [7, 11) is 0. The Labute approximate surface area is 129 Å². The average Bonchev–Trinajstić information content (AvgIpc) is 2.46. The fourth-order valence-corrected chi connectivity index (χ4v) is 2.28. The molecule has 2 aromatic carbocycles. The molecule has 0 spiro atoms. The number of halogens is 1. The lowest BCUT2D eigenvalue weighted by Gasteiger charge is -2.20. The summed E-state index contributed by atoms with van der Waals surface area (Å²) in [5.41, 5.74) is 2.74. The van der Waals surface area contributed by atoms with Crippen LogP contribution in [0, 0.1) is 6.92 Å². The molecule has 0 aromatic heterocycles. The lowest BCUT2D eigenvalue weighted by molar-refractivity contribution is -0.144. The zero-order valence-electron chi connectivity index (χ0n) is 12.1. The van der Waals surface area contributed by atoms with Gasteiger partial charge < -0.3 is 10.1 Å². The zero-order chi connectivity index (χ0) is 15.2. The van der Waals surface area contributed by atoms with Crippen LogP contribution in [-0.2, 0) is 9.53 Å². The van der Waals surface area contributed by atoms with E-state index in [9.17, 15) is 4.79 Å². The van der Waals surface area contributed by atoms with E-state index in [1.807, 2.05) is 43.3 Å². The molecule has 0 aliphatic carbocycles. The van der Waals surface area contributed by atoms with Gasteiger partial charge in [-0.2, -0.15) is 0 Å². The number of aryl methyl sites for hydroxylation is 1. The molecule has 0 aliphatic rings. The van der Waals surface area contributed by atoms with Gasteiger partial charge in [-0.05, 0) is 43.2 Å². The molecule has 0 bridgehead atoms. The maximum Gasteiger partial charge on any atom is 0.333 e. The molecule has 1 unspecified atom stereocenters. The number of ether oxygens (including phenoxy) is 1. The topological polar surface area (TPSA) is 38.3 Å². The highest BCUT2D eigenvalue weighted by atomic mass is 35.5. The van der Waals surface area contributed by atoms with Crippen molar-refractivity contribution in [1.29, 1.82) is 0 Å². The van der Waals surface area contributed by atoms with Crippen LogP contribution in [0.15, 0.2) is 48.5 Å². The Kier molecular flexibility index (Phi) is 5.23. The van der Waals surface area contributed by atoms with E-state index in [-0.39, 0.29) is 5.97 Å². The van der Waals surface area contributed by atoms with Gasteiger partial charge in [0.2, 0.25) is 0 Å². The summed E-state index contributed by atoms with van der Waals surface area (Å²) < 4.78 is 5.17. The van der Waals surface area contributed by atoms with Crippen molar-refractivity contribution >= 4 is 23.3 Å². The Hall–Kier alpha value is -2.00. The smallest absolute Gasteiger partial charge is 0.333 e. The molecule has 4 heteroatoms. The molecule has 0 fully saturated rings. The highest BCUT2D eigenvalue weighted by Gasteiger charge is 2.22. The van der Waals surface area contributed by atoms with E-state index in [4.69, 9.17) is 16.3 Å². The Balaban J connectivity index is 2.33. The average molecular weight is 304 g/mol. The summed E-state index contributed by atoms with van der Waals surface area (Å²) in [4.78, 5) is 12.2. The molecule has 1 atom stereocenters. The number of carbonyl (C=O) groups excluding carboxylic acids is 1. The van der Waals surface area contributed by atoms with Gasteiger partial charge in [0, 0.05) is 10.7 Å². The van der Waals surface area contributed by atoms with E-state index in [0.29, 0.717) is 11.6 Å². The number of benzene rings is 2. The summed E-state index contributed by atoms with van der Waals surface area (Å²) in [5, 5.41) is 3.83. The van der Waals surface area contributed by atoms with Crippen LogP contribution in [0.5, 0.6) is 0 Å². The van der Waals surface area contributed by atoms with Crippen molar-refractivity contribution in [3.63, 3.8) is 0 Å². The second-order valence-electron chi connectivity index (χ2n) is 4.70. The van der Waals surface area contributed by atoms with Crippen LogP contribution < -0.4 is 5.32 Å². The van der Waals surface area contributed by atoms with Gasteiger partial charge in [-0.3, -0.25) is 0 Å². The molecule has 110 valence electrons. The summed E-state index contributed by atoms with van der Waals surface area (Å²) >= 11 is 6.03. The molecular weight excluding hydrogens is 286 g/mol. The van der Waals surface area contributed by atoms with Gasteiger partial charge in [0.25, 0.3) is 0 Å². The Morgan fingerprint density at radius 3 is 2.67 bits per heavy atom. The van der Waals surface area contributed by atoms with Gasteiger partial charge in [-0.1, -0.05) is 41.9 Å². The third kappa shape index (κ3) is 3.99. The number of nitrogens with one attached hydrogen (secondary N) is 1. The fraction of sp³-hybridized carbons (Fsp3) is 0.235. The maximum absolute atomic E-state index is 12.2. The highest BCUT2D eigenvalue weighted by molar-refractivity contribution is 6.30. The molecule has 0 aliphatic heterocycles. The van der Waals surface area contributed by atoms with Crippen molar-refractivity contribution in [3.8, 4) is 0 Å². The quantitative estimate of drug-likeness (QED) is 0.834. The normalized spacial score (nSPS) is 11.8. The predicted octanol–water partition coefficient (Wildman–Crippen LogP) is 4.36. The standard InChI is InChI=1S/C17H18ClNO2/c1-3-21-17(20)16(13-8-6-9-14(18)11-13)19-15-10-5-4-7-12(15)2/h4-11,16,19H,3H2,1-2H3. The molecule has 3 nitrogen and oxygen atoms in total. The van der Waals surface area contributed by atoms with Crippen molar-refractivity contribution in [2.24, 2.45) is 0 Å². The molecule has 21 heavy (non-hydrogen) atoms. The minimum absolute atomic E-state index is 0.317. The molecule has 0 heterocycles. The van der Waals surface area contributed by atoms with Gasteiger partial charge in [-0.25, -0.2) is 4.79 Å². The second kappa shape index (κ2) is 7.14. The van der Waals surface area contributed by atoms with Crippen molar-refractivity contribution < 1.29 is 9.53 Å². The van der Waals surface area contributed by atoms with Crippen molar-refractivity contribution in [3.05, 3.63) is 64.7 Å². The van der Waals surface area contributed by atoms with Crippen LogP contribution >= 0.6 is 11.6 Å². The number of carbonyl (C=O) groups is 1. The number of rotatable bonds is 5. The van der Waals surface area contributed by atoms with Crippen LogP contribution in [-0.4, -0.2) is 12.6 Å². The van der Waals surface area contributed by atoms with Crippen LogP contribution in [0.2, 0.25) is 5.02 Å². The summed E-state index contributed by atoms with van der Waals surface area (Å²) in [6.07, 6.45) is 0. The predicted molar refractivity (Wildman–Crippen MR) is 85.6 cm³/mol. The van der Waals surface area contributed by atoms with Crippen LogP contribution in [0.3, 0.4) is 0 Å². The number of hydrogen-bond donors (Lipinski definition) is 1. The number of anilines is 1. The molecule has 1 N–H and O–H groups in total. The van der Waals surface area contributed by atoms with Crippen LogP contribution in [0.1, 0.15) is 24.1 Å². The first kappa shape index (κ1) is 15.4. The molecular formula is C17H18ClNO2. The third-order valence-electron chi connectivity index (χ3n) is 3.15. The van der Waals surface area contributed by atoms with E-state index in [1.54, 1.807) is 19.1 Å². The molecule has 0 amide bonds. The summed E-state index contributed by atoms with van der Waals surface area (Å²) in [6.45, 7) is 4.12. The van der Waals surface area contributed by atoms with Gasteiger partial charge in [0.15, 0.2) is 6.04 Å². The molecule has 0 saturated carbocycles. The molecule has 0 radical (unpaired) electrons. The monoisotopic (exact) mass is 303 g/mol. The number of hydrogen-bond acceptors (Lipinski definition) is 3. The Morgan fingerprint density at radius 2 is 2.00 bits per heavy atom. The van der Waals surface area contributed by atoms with Crippen molar-refractivity contribution in [2.75, 3.05) is 11.9 Å². The van der Waals surface area contributed by atoms with E-state index in [0.717, 1.165) is 16.8 Å². The van der Waals surface area contributed by atoms with Crippen LogP contribution in [0.25, 0.3) is 0 Å². The first-order chi connectivity index (χ1) is 10.1. The van der Waals surface area contributed by atoms with E-state index < -0.39 is 6.04 Å². The number of para-hydroxylation sites is 1. The minimum atomic E-state index is -0.579. The Bertz CT molecular complexity index is 628. The molecule has 0 saturated heterocycles. The first-order valence-electron chi connectivity index (χ1n) is 6.86. The largest absolute Gasteiger partial charge is 0.464 e. The van der Waals surface area contributed by atoms with E-state index in [1.165, 1.54) is 0 Å². The molecule has 2 aromatic rings. The van der Waals surface area contributed by atoms with Gasteiger partial charge in [0.05, 0.1) is 6.61 Å². The molecule has 2 rings (SSSR count). The van der Waals surface area contributed by atoms with E-state index in [2.05, 4.69) is 5.32 Å². The number of esters is 1. The summed E-state index contributed by atoms with van der Waals surface area (Å²) in [5.74, 6) is -0.317. The van der Waals surface area contributed by atoms with Crippen LogP contribution in [0.4, 0.5) is 5.69 Å². The van der Waals surface area contributed by atoms with Gasteiger partial charge >= 0.3 is 5.97 Å². The maximum atomic E-state index is 12.2. The third-order valence-corrected chi connectivity index (χ3v) is 3.38. The SMILES string of the molecule is CCOC(=O)C(Nc1ccccc1C)c1cccc(Cl)c1. The second-order valence-corrected chi connectivity index (χ2v) is 5.14. The van der Waals surface area contributed by atoms with Gasteiger partial charge in [-0.15, -0.1) is 0 Å². The fourth-order valence-electron chi connectivity index (χ4n) is 2.08. The van der Waals surface area contributed by atoms with E-state index >= 15 is 0 Å². The lowest BCUT2D eigenvalue weighted by Crippen LogP contribution is -2.23. The minimum Gasteiger partial charge on any atom is -0.464 e. The van der Waals surface area contributed by atoms with Crippen molar-refractivity contribution in [1.82, 2.24) is 0 Å². The zero-order valence-corrected chi connectivity index (χ0v) is 12.9. The Morgan fingerprint density at radius 1 is 1.24 bits per heavy atom. The van der Waals surface area contributed by atoms with Gasteiger partial charge in [0.1, 0.15) is 0 Å². The summed E-state index contributed by atoms with van der Waals surface area (Å²) in [6, 6.07) is 14.5. The highest BCUT2D eigenvalue weighted by Crippen LogP contribution is 2.25. The van der Waals surface area contributed by atoms with Crippen molar-refractivity contribution in [2.45, 2.75) is 19.9 Å². The lowest BCUT2D eigenvalue weighted by atomic mass is 10.1.